The normalized spacial score (nSPS) is 20.7. The van der Waals surface area contributed by atoms with Crippen molar-refractivity contribution < 1.29 is 13.5 Å². The summed E-state index contributed by atoms with van der Waals surface area (Å²) in [7, 11) is -1.86. The number of rotatable bonds is 5. The minimum absolute atomic E-state index is 0.127. The van der Waals surface area contributed by atoms with Crippen LogP contribution in [-0.2, 0) is 23.7 Å². The lowest BCUT2D eigenvalue weighted by Gasteiger charge is -2.34. The molecule has 0 amide bonds. The Kier molecular flexibility index (Phi) is 4.02. The third-order valence-electron chi connectivity index (χ3n) is 4.50. The molecule has 0 radical (unpaired) electrons. The van der Waals surface area contributed by atoms with Crippen LogP contribution in [0.2, 0.25) is 0 Å². The summed E-state index contributed by atoms with van der Waals surface area (Å²) in [5.74, 6) is 1.40. The first kappa shape index (κ1) is 16.5. The number of benzene rings is 1. The van der Waals surface area contributed by atoms with E-state index in [1.807, 2.05) is 0 Å². The highest BCUT2D eigenvalue weighted by molar-refractivity contribution is 7.89. The second kappa shape index (κ2) is 6.09. The number of aliphatic hydroxyl groups is 1. The van der Waals surface area contributed by atoms with Crippen LogP contribution in [0.1, 0.15) is 30.4 Å². The van der Waals surface area contributed by atoms with Crippen LogP contribution in [0.15, 0.2) is 23.1 Å². The molecule has 0 saturated heterocycles. The van der Waals surface area contributed by atoms with Crippen LogP contribution >= 0.6 is 11.7 Å². The Balaban J connectivity index is 1.48. The van der Waals surface area contributed by atoms with Crippen molar-refractivity contribution in [2.45, 2.75) is 36.3 Å². The molecule has 1 fully saturated rings. The summed E-state index contributed by atoms with van der Waals surface area (Å²) < 4.78 is 38.0. The summed E-state index contributed by atoms with van der Waals surface area (Å²) in [6.07, 6.45) is 1.28. The monoisotopic (exact) mass is 380 g/mol. The molecule has 9 nitrogen and oxygen atoms in total. The number of nitrogens with zero attached hydrogens (tertiary/aromatic N) is 5. The minimum atomic E-state index is -3.66. The molecule has 1 aliphatic carbocycles. The van der Waals surface area contributed by atoms with Gasteiger partial charge in [0.1, 0.15) is 28.4 Å². The van der Waals surface area contributed by atoms with Crippen LogP contribution in [0.25, 0.3) is 11.0 Å². The van der Waals surface area contributed by atoms with Gasteiger partial charge in [-0.15, -0.1) is 10.2 Å². The fourth-order valence-corrected chi connectivity index (χ4v) is 5.10. The molecule has 0 aliphatic heterocycles. The second-order valence-electron chi connectivity index (χ2n) is 6.07. The molecule has 0 atom stereocenters. The van der Waals surface area contributed by atoms with E-state index in [1.54, 1.807) is 29.8 Å². The van der Waals surface area contributed by atoms with Gasteiger partial charge < -0.3 is 9.67 Å². The number of aromatic nitrogens is 5. The van der Waals surface area contributed by atoms with E-state index in [9.17, 15) is 13.5 Å². The molecule has 132 valence electrons. The molecule has 0 unspecified atom stereocenters. The van der Waals surface area contributed by atoms with Gasteiger partial charge in [-0.25, -0.2) is 13.1 Å². The Morgan fingerprint density at radius 1 is 1.32 bits per heavy atom. The number of hydrogen-bond acceptors (Lipinski definition) is 8. The van der Waals surface area contributed by atoms with Crippen molar-refractivity contribution >= 4 is 32.8 Å². The molecule has 11 heteroatoms. The van der Waals surface area contributed by atoms with E-state index >= 15 is 0 Å². The predicted molar refractivity (Wildman–Crippen MR) is 90.4 cm³/mol. The van der Waals surface area contributed by atoms with Gasteiger partial charge in [0.05, 0.1) is 11.7 Å². The van der Waals surface area contributed by atoms with Gasteiger partial charge in [0, 0.05) is 19.0 Å². The highest BCUT2D eigenvalue weighted by atomic mass is 32.2. The summed E-state index contributed by atoms with van der Waals surface area (Å²) in [4.78, 5) is 0.156. The topological polar surface area (TPSA) is 123 Å². The van der Waals surface area contributed by atoms with E-state index in [-0.39, 0.29) is 23.5 Å². The molecule has 4 rings (SSSR count). The van der Waals surface area contributed by atoms with Crippen molar-refractivity contribution in [2.24, 2.45) is 7.05 Å². The van der Waals surface area contributed by atoms with Gasteiger partial charge in [-0.05, 0) is 25.0 Å². The standard InChI is InChI=1S/C14H16N6O3S2/c1-20-12(7-21)15-16-14(20)8-5-9(6-8)19-25(22,23)11-4-2-3-10-13(11)18-24-17-10/h2-4,8-9,19,21H,5-7H2,1H3. The van der Waals surface area contributed by atoms with Gasteiger partial charge in [-0.1, -0.05) is 6.07 Å². The third kappa shape index (κ3) is 2.82. The SMILES string of the molecule is Cn1c(CO)nnc1C1CC(NS(=O)(=O)c2cccc3nsnc23)C1. The first-order valence-corrected chi connectivity index (χ1v) is 9.93. The Morgan fingerprint density at radius 2 is 2.12 bits per heavy atom. The molecule has 2 N–H and O–H groups in total. The van der Waals surface area contributed by atoms with Crippen LogP contribution < -0.4 is 4.72 Å². The van der Waals surface area contributed by atoms with Crippen molar-refractivity contribution in [3.05, 3.63) is 29.8 Å². The van der Waals surface area contributed by atoms with Crippen molar-refractivity contribution in [2.75, 3.05) is 0 Å². The third-order valence-corrected chi connectivity index (χ3v) is 6.60. The van der Waals surface area contributed by atoms with Crippen LogP contribution in [-0.4, -0.2) is 43.1 Å². The van der Waals surface area contributed by atoms with Gasteiger partial charge in [-0.2, -0.15) is 8.75 Å². The molecule has 1 saturated carbocycles. The molecular weight excluding hydrogens is 364 g/mol. The lowest BCUT2D eigenvalue weighted by atomic mass is 9.80. The lowest BCUT2D eigenvalue weighted by molar-refractivity contribution is 0.264. The Morgan fingerprint density at radius 3 is 2.84 bits per heavy atom. The Hall–Kier alpha value is -1.95. The van der Waals surface area contributed by atoms with Crippen molar-refractivity contribution in [1.82, 2.24) is 28.2 Å². The van der Waals surface area contributed by atoms with Gasteiger partial charge in [-0.3, -0.25) is 0 Å². The van der Waals surface area contributed by atoms with E-state index in [0.717, 1.165) is 17.6 Å². The van der Waals surface area contributed by atoms with E-state index in [0.29, 0.717) is 29.7 Å². The zero-order valence-electron chi connectivity index (χ0n) is 13.3. The van der Waals surface area contributed by atoms with Gasteiger partial charge in [0.25, 0.3) is 0 Å². The van der Waals surface area contributed by atoms with E-state index < -0.39 is 10.0 Å². The van der Waals surface area contributed by atoms with Crippen LogP contribution in [0, 0.1) is 0 Å². The average Bonchev–Trinajstić information content (AvgIpc) is 3.16. The number of hydrogen-bond donors (Lipinski definition) is 2. The molecular formula is C14H16N6O3S2. The Bertz CT molecular complexity index is 1020. The molecule has 2 heterocycles. The predicted octanol–water partition coefficient (Wildman–Crippen LogP) is 0.537. The number of aliphatic hydroxyl groups excluding tert-OH is 1. The second-order valence-corrected chi connectivity index (χ2v) is 8.28. The maximum Gasteiger partial charge on any atom is 0.243 e. The largest absolute Gasteiger partial charge is 0.388 e. The van der Waals surface area contributed by atoms with E-state index in [1.165, 1.54) is 0 Å². The molecule has 1 aliphatic rings. The zero-order chi connectivity index (χ0) is 17.6. The van der Waals surface area contributed by atoms with Crippen LogP contribution in [0.3, 0.4) is 0 Å². The van der Waals surface area contributed by atoms with Crippen molar-refractivity contribution in [3.63, 3.8) is 0 Å². The highest BCUT2D eigenvalue weighted by Crippen LogP contribution is 2.37. The summed E-state index contributed by atoms with van der Waals surface area (Å²) in [6.45, 7) is -0.169. The summed E-state index contributed by atoms with van der Waals surface area (Å²) in [6, 6.07) is 4.78. The van der Waals surface area contributed by atoms with Crippen LogP contribution in [0.5, 0.6) is 0 Å². The fraction of sp³-hybridized carbons (Fsp3) is 0.429. The van der Waals surface area contributed by atoms with Gasteiger partial charge in [0.2, 0.25) is 10.0 Å². The van der Waals surface area contributed by atoms with Crippen molar-refractivity contribution in [3.8, 4) is 0 Å². The first-order chi connectivity index (χ1) is 12.0. The van der Waals surface area contributed by atoms with Gasteiger partial charge in [0.15, 0.2) is 5.82 Å². The maximum atomic E-state index is 12.7. The van der Waals surface area contributed by atoms with Crippen molar-refractivity contribution in [1.29, 1.82) is 0 Å². The number of fused-ring (bicyclic) bond motifs is 1. The zero-order valence-corrected chi connectivity index (χ0v) is 15.0. The molecule has 25 heavy (non-hydrogen) atoms. The molecule has 2 aromatic heterocycles. The lowest BCUT2D eigenvalue weighted by Crippen LogP contribution is -2.43. The number of sulfonamides is 1. The molecule has 0 bridgehead atoms. The quantitative estimate of drug-likeness (QED) is 0.662. The minimum Gasteiger partial charge on any atom is -0.388 e. The summed E-state index contributed by atoms with van der Waals surface area (Å²) >= 11 is 0.995. The van der Waals surface area contributed by atoms with Gasteiger partial charge >= 0.3 is 0 Å². The van der Waals surface area contributed by atoms with E-state index in [4.69, 9.17) is 0 Å². The average molecular weight is 380 g/mol. The first-order valence-electron chi connectivity index (χ1n) is 7.72. The molecule has 0 spiro atoms. The smallest absolute Gasteiger partial charge is 0.243 e. The molecule has 1 aromatic carbocycles. The summed E-state index contributed by atoms with van der Waals surface area (Å²) in [5, 5.41) is 17.2. The summed E-state index contributed by atoms with van der Waals surface area (Å²) in [5.41, 5.74) is 0.978. The fourth-order valence-electron chi connectivity index (χ4n) is 3.07. The van der Waals surface area contributed by atoms with E-state index in [2.05, 4.69) is 23.7 Å². The van der Waals surface area contributed by atoms with Crippen LogP contribution in [0.4, 0.5) is 0 Å². The Labute approximate surface area is 148 Å². The molecule has 3 aromatic rings. The number of nitrogens with one attached hydrogen (secondary N) is 1. The maximum absolute atomic E-state index is 12.7. The highest BCUT2D eigenvalue weighted by Gasteiger charge is 2.37.